The molecule has 4 rings (SSSR count). The lowest BCUT2D eigenvalue weighted by Crippen LogP contribution is -2.31. The zero-order chi connectivity index (χ0) is 22.0. The Morgan fingerprint density at radius 1 is 0.839 bits per heavy atom. The normalized spacial score (nSPS) is 14.0. The molecule has 31 heavy (non-hydrogen) atoms. The van der Waals surface area contributed by atoms with E-state index >= 15 is 0 Å². The average molecular weight is 431 g/mol. The molecule has 1 heterocycles. The van der Waals surface area contributed by atoms with E-state index < -0.39 is 0 Å². The van der Waals surface area contributed by atoms with Gasteiger partial charge in [-0.25, -0.2) is 0 Å². The number of benzene rings is 3. The van der Waals surface area contributed by atoms with Gasteiger partial charge in [0.15, 0.2) is 0 Å². The first kappa shape index (κ1) is 20.9. The van der Waals surface area contributed by atoms with E-state index in [2.05, 4.69) is 19.2 Å². The molecule has 0 bridgehead atoms. The van der Waals surface area contributed by atoms with Gasteiger partial charge < -0.3 is 5.32 Å². The van der Waals surface area contributed by atoms with E-state index in [-0.39, 0.29) is 24.1 Å². The summed E-state index contributed by atoms with van der Waals surface area (Å²) in [5, 5.41) is 3.77. The van der Waals surface area contributed by atoms with Crippen LogP contribution in [-0.4, -0.2) is 16.7 Å². The van der Waals surface area contributed by atoms with Crippen molar-refractivity contribution < 1.29 is 9.59 Å². The van der Waals surface area contributed by atoms with Crippen molar-refractivity contribution in [3.05, 3.63) is 106 Å². The first-order valence-electron chi connectivity index (χ1n) is 10.2. The Kier molecular flexibility index (Phi) is 5.92. The molecule has 0 saturated carbocycles. The van der Waals surface area contributed by atoms with Crippen LogP contribution in [-0.2, 0) is 16.1 Å². The van der Waals surface area contributed by atoms with Crippen LogP contribution >= 0.6 is 11.6 Å². The van der Waals surface area contributed by atoms with Gasteiger partial charge >= 0.3 is 0 Å². The lowest BCUT2D eigenvalue weighted by Gasteiger charge is -2.15. The molecule has 2 amide bonds. The van der Waals surface area contributed by atoms with E-state index in [0.717, 1.165) is 11.3 Å². The highest BCUT2D eigenvalue weighted by atomic mass is 35.5. The lowest BCUT2D eigenvalue weighted by atomic mass is 10.0. The van der Waals surface area contributed by atoms with Gasteiger partial charge in [0.25, 0.3) is 11.8 Å². The summed E-state index contributed by atoms with van der Waals surface area (Å²) in [5.41, 5.74) is 4.14. The van der Waals surface area contributed by atoms with Crippen LogP contribution in [0.25, 0.3) is 5.57 Å². The molecule has 0 saturated heterocycles. The third-order valence-electron chi connectivity index (χ3n) is 5.33. The van der Waals surface area contributed by atoms with Gasteiger partial charge in [-0.1, -0.05) is 80.0 Å². The quantitative estimate of drug-likeness (QED) is 0.498. The molecule has 0 spiro atoms. The van der Waals surface area contributed by atoms with Crippen LogP contribution in [0.1, 0.15) is 36.5 Å². The van der Waals surface area contributed by atoms with Crippen molar-refractivity contribution in [3.8, 4) is 0 Å². The van der Waals surface area contributed by atoms with Crippen LogP contribution in [0.4, 0.5) is 5.69 Å². The van der Waals surface area contributed by atoms with Crippen LogP contribution < -0.4 is 5.32 Å². The molecule has 0 aromatic heterocycles. The van der Waals surface area contributed by atoms with Crippen molar-refractivity contribution in [3.63, 3.8) is 0 Å². The number of nitrogens with zero attached hydrogens (tertiary/aromatic N) is 1. The summed E-state index contributed by atoms with van der Waals surface area (Å²) < 4.78 is 0. The minimum atomic E-state index is -0.341. The number of hydrogen-bond donors (Lipinski definition) is 1. The van der Waals surface area contributed by atoms with E-state index in [1.54, 1.807) is 24.3 Å². The maximum Gasteiger partial charge on any atom is 0.278 e. The van der Waals surface area contributed by atoms with E-state index in [1.165, 1.54) is 10.5 Å². The Labute approximate surface area is 187 Å². The first-order chi connectivity index (χ1) is 14.9. The number of nitrogens with one attached hydrogen (secondary N) is 1. The molecule has 1 N–H and O–H groups in total. The molecule has 0 atom stereocenters. The van der Waals surface area contributed by atoms with E-state index in [9.17, 15) is 9.59 Å². The van der Waals surface area contributed by atoms with Gasteiger partial charge in [0.05, 0.1) is 12.1 Å². The molecule has 156 valence electrons. The van der Waals surface area contributed by atoms with E-state index in [0.29, 0.717) is 22.1 Å². The zero-order valence-electron chi connectivity index (χ0n) is 17.4. The molecule has 0 aliphatic carbocycles. The summed E-state index contributed by atoms with van der Waals surface area (Å²) in [7, 11) is 0. The van der Waals surface area contributed by atoms with Gasteiger partial charge in [0, 0.05) is 10.7 Å². The van der Waals surface area contributed by atoms with Crippen LogP contribution in [0.15, 0.2) is 84.6 Å². The van der Waals surface area contributed by atoms with Crippen LogP contribution in [0, 0.1) is 0 Å². The molecule has 0 unspecified atom stereocenters. The van der Waals surface area contributed by atoms with Crippen LogP contribution in [0.5, 0.6) is 0 Å². The number of carbonyl (C=O) groups is 2. The summed E-state index contributed by atoms with van der Waals surface area (Å²) in [6.45, 7) is 4.47. The third kappa shape index (κ3) is 4.39. The highest BCUT2D eigenvalue weighted by Crippen LogP contribution is 2.32. The van der Waals surface area contributed by atoms with Gasteiger partial charge in [-0.3, -0.25) is 14.5 Å². The van der Waals surface area contributed by atoms with Gasteiger partial charge in [0.1, 0.15) is 5.70 Å². The summed E-state index contributed by atoms with van der Waals surface area (Å²) in [6, 6.07) is 24.4. The fraction of sp³-hybridized carbons (Fsp3) is 0.154. The summed E-state index contributed by atoms with van der Waals surface area (Å²) in [6.07, 6.45) is 0. The molecule has 3 aromatic rings. The van der Waals surface area contributed by atoms with Crippen LogP contribution in [0.3, 0.4) is 0 Å². The number of amides is 2. The maximum atomic E-state index is 13.3. The number of carbonyl (C=O) groups excluding carboxylic acids is 2. The second kappa shape index (κ2) is 8.78. The molecule has 3 aromatic carbocycles. The highest BCUT2D eigenvalue weighted by Gasteiger charge is 2.39. The van der Waals surface area contributed by atoms with E-state index in [1.807, 2.05) is 54.6 Å². The molecular weight excluding hydrogens is 408 g/mol. The largest absolute Gasteiger partial charge is 0.350 e. The predicted octanol–water partition coefficient (Wildman–Crippen LogP) is 5.86. The monoisotopic (exact) mass is 430 g/mol. The minimum absolute atomic E-state index is 0.215. The molecule has 4 nitrogen and oxygen atoms in total. The van der Waals surface area contributed by atoms with Gasteiger partial charge in [-0.05, 0) is 46.9 Å². The number of anilines is 1. The van der Waals surface area contributed by atoms with Gasteiger partial charge in [-0.2, -0.15) is 0 Å². The molecule has 1 aliphatic rings. The average Bonchev–Trinajstić information content (AvgIpc) is 3.00. The summed E-state index contributed by atoms with van der Waals surface area (Å²) in [5.74, 6) is -0.252. The number of halogens is 1. The molecular formula is C26H23ClN2O2. The van der Waals surface area contributed by atoms with Crippen molar-refractivity contribution >= 4 is 34.7 Å². The maximum absolute atomic E-state index is 13.3. The van der Waals surface area contributed by atoms with Crippen molar-refractivity contribution in [1.82, 2.24) is 4.90 Å². The summed E-state index contributed by atoms with van der Waals surface area (Å²) in [4.78, 5) is 27.9. The highest BCUT2D eigenvalue weighted by molar-refractivity contribution is 6.36. The Bertz CT molecular complexity index is 1130. The molecule has 5 heteroatoms. The first-order valence-corrected chi connectivity index (χ1v) is 10.6. The SMILES string of the molecule is CC(C)c1ccc(NC2=C(c3ccc(Cl)cc3)C(=O)N(Cc3ccccc3)C2=O)cc1. The number of rotatable bonds is 6. The fourth-order valence-corrected chi connectivity index (χ4v) is 3.71. The Balaban J connectivity index is 1.71. The smallest absolute Gasteiger partial charge is 0.278 e. The second-order valence-corrected chi connectivity index (χ2v) is 8.28. The van der Waals surface area contributed by atoms with Gasteiger partial charge in [0.2, 0.25) is 0 Å². The van der Waals surface area contributed by atoms with E-state index in [4.69, 9.17) is 11.6 Å². The fourth-order valence-electron chi connectivity index (χ4n) is 3.58. The molecule has 0 fully saturated rings. The third-order valence-corrected chi connectivity index (χ3v) is 5.58. The topological polar surface area (TPSA) is 49.4 Å². The number of imide groups is 1. The molecule has 0 radical (unpaired) electrons. The minimum Gasteiger partial charge on any atom is -0.350 e. The van der Waals surface area contributed by atoms with Crippen molar-refractivity contribution in [2.75, 3.05) is 5.32 Å². The van der Waals surface area contributed by atoms with Crippen molar-refractivity contribution in [2.24, 2.45) is 0 Å². The lowest BCUT2D eigenvalue weighted by molar-refractivity contribution is -0.137. The standard InChI is InChI=1S/C26H23ClN2O2/c1-17(2)19-10-14-22(15-11-19)28-24-23(20-8-12-21(27)13-9-20)25(30)29(26(24)31)16-18-6-4-3-5-7-18/h3-15,17,28H,16H2,1-2H3. The predicted molar refractivity (Wildman–Crippen MR) is 125 cm³/mol. The van der Waals surface area contributed by atoms with Gasteiger partial charge in [-0.15, -0.1) is 0 Å². The van der Waals surface area contributed by atoms with Crippen molar-refractivity contribution in [2.45, 2.75) is 26.3 Å². The Hall–Kier alpha value is -3.37. The Morgan fingerprint density at radius 3 is 2.10 bits per heavy atom. The summed E-state index contributed by atoms with van der Waals surface area (Å²) >= 11 is 6.03. The Morgan fingerprint density at radius 2 is 1.48 bits per heavy atom. The molecule has 1 aliphatic heterocycles. The van der Waals surface area contributed by atoms with Crippen LogP contribution in [0.2, 0.25) is 5.02 Å². The zero-order valence-corrected chi connectivity index (χ0v) is 18.2. The second-order valence-electron chi connectivity index (χ2n) is 7.84. The number of hydrogen-bond acceptors (Lipinski definition) is 3. The van der Waals surface area contributed by atoms with Crippen molar-refractivity contribution in [1.29, 1.82) is 0 Å².